The summed E-state index contributed by atoms with van der Waals surface area (Å²) in [5.74, 6) is 1.36. The van der Waals surface area contributed by atoms with E-state index in [9.17, 15) is 9.59 Å². The normalized spacial score (nSPS) is 11.9. The number of aryl methyl sites for hydroxylation is 1. The number of urea groups is 1. The second-order valence-electron chi connectivity index (χ2n) is 4.84. The predicted molar refractivity (Wildman–Crippen MR) is 78.8 cm³/mol. The van der Waals surface area contributed by atoms with E-state index in [1.807, 2.05) is 6.07 Å². The topological polar surface area (TPSA) is 102 Å². The molecule has 0 spiro atoms. The SMILES string of the molecule is Cc1occc1C(=O)NNC(=O)NCc1ccc2c(c1)OCO2. The molecule has 0 bridgehead atoms. The number of carbonyl (C=O) groups is 2. The van der Waals surface area contributed by atoms with Gasteiger partial charge in [-0.3, -0.25) is 10.2 Å². The number of hydrogen-bond donors (Lipinski definition) is 3. The van der Waals surface area contributed by atoms with Crippen LogP contribution in [0.5, 0.6) is 11.5 Å². The third kappa shape index (κ3) is 3.37. The number of amides is 3. The zero-order chi connectivity index (χ0) is 16.2. The average Bonchev–Trinajstić information content (AvgIpc) is 3.18. The summed E-state index contributed by atoms with van der Waals surface area (Å²) in [5, 5.41) is 2.62. The molecular formula is C15H15N3O5. The van der Waals surface area contributed by atoms with Gasteiger partial charge in [-0.1, -0.05) is 6.07 Å². The Morgan fingerprint density at radius 1 is 1.13 bits per heavy atom. The highest BCUT2D eigenvalue weighted by atomic mass is 16.7. The number of nitrogens with one attached hydrogen (secondary N) is 3. The molecule has 8 nitrogen and oxygen atoms in total. The molecule has 0 atom stereocenters. The summed E-state index contributed by atoms with van der Waals surface area (Å²) in [6.45, 7) is 2.14. The van der Waals surface area contributed by atoms with Crippen LogP contribution in [0.2, 0.25) is 0 Å². The summed E-state index contributed by atoms with van der Waals surface area (Å²) >= 11 is 0. The van der Waals surface area contributed by atoms with Crippen LogP contribution >= 0.6 is 0 Å². The molecule has 0 fully saturated rings. The van der Waals surface area contributed by atoms with Gasteiger partial charge in [0.25, 0.3) is 5.91 Å². The van der Waals surface area contributed by atoms with Crippen molar-refractivity contribution < 1.29 is 23.5 Å². The molecule has 1 aromatic carbocycles. The van der Waals surface area contributed by atoms with E-state index in [1.54, 1.807) is 19.1 Å². The van der Waals surface area contributed by atoms with Crippen molar-refractivity contribution in [2.24, 2.45) is 0 Å². The first kappa shape index (κ1) is 14.8. The Labute approximate surface area is 131 Å². The quantitative estimate of drug-likeness (QED) is 0.744. The van der Waals surface area contributed by atoms with Gasteiger partial charge >= 0.3 is 6.03 Å². The van der Waals surface area contributed by atoms with Gasteiger partial charge in [-0.05, 0) is 30.7 Å². The lowest BCUT2D eigenvalue weighted by molar-refractivity contribution is 0.0934. The number of ether oxygens (including phenoxy) is 2. The Hall–Kier alpha value is -3.16. The van der Waals surface area contributed by atoms with E-state index in [1.165, 1.54) is 12.3 Å². The molecule has 1 aliphatic rings. The number of hydrazine groups is 1. The Balaban J connectivity index is 1.46. The molecule has 3 amide bonds. The van der Waals surface area contributed by atoms with E-state index in [4.69, 9.17) is 13.9 Å². The monoisotopic (exact) mass is 317 g/mol. The van der Waals surface area contributed by atoms with Crippen molar-refractivity contribution in [1.29, 1.82) is 0 Å². The first-order valence-corrected chi connectivity index (χ1v) is 6.90. The molecule has 0 unspecified atom stereocenters. The zero-order valence-corrected chi connectivity index (χ0v) is 12.3. The van der Waals surface area contributed by atoms with Crippen LogP contribution in [0.15, 0.2) is 34.9 Å². The van der Waals surface area contributed by atoms with Gasteiger partial charge in [0.2, 0.25) is 6.79 Å². The second-order valence-corrected chi connectivity index (χ2v) is 4.84. The van der Waals surface area contributed by atoms with Crippen LogP contribution in [0.3, 0.4) is 0 Å². The number of fused-ring (bicyclic) bond motifs is 1. The number of carbonyl (C=O) groups excluding carboxylic acids is 2. The Morgan fingerprint density at radius 2 is 1.96 bits per heavy atom. The maximum Gasteiger partial charge on any atom is 0.333 e. The molecule has 2 aromatic rings. The van der Waals surface area contributed by atoms with Crippen LogP contribution in [0.4, 0.5) is 4.79 Å². The molecule has 120 valence electrons. The molecule has 1 aromatic heterocycles. The third-order valence-corrected chi connectivity index (χ3v) is 3.28. The van der Waals surface area contributed by atoms with E-state index in [0.29, 0.717) is 22.8 Å². The molecule has 3 rings (SSSR count). The highest BCUT2D eigenvalue weighted by molar-refractivity contribution is 5.96. The molecule has 1 aliphatic heterocycles. The lowest BCUT2D eigenvalue weighted by Gasteiger charge is -2.09. The summed E-state index contributed by atoms with van der Waals surface area (Å²) in [7, 11) is 0. The van der Waals surface area contributed by atoms with Crippen molar-refractivity contribution >= 4 is 11.9 Å². The van der Waals surface area contributed by atoms with Crippen molar-refractivity contribution in [3.05, 3.63) is 47.4 Å². The minimum absolute atomic E-state index is 0.201. The molecule has 3 N–H and O–H groups in total. The van der Waals surface area contributed by atoms with Gasteiger partial charge in [0.15, 0.2) is 11.5 Å². The third-order valence-electron chi connectivity index (χ3n) is 3.28. The molecule has 8 heteroatoms. The largest absolute Gasteiger partial charge is 0.469 e. The van der Waals surface area contributed by atoms with Gasteiger partial charge in [-0.25, -0.2) is 10.2 Å². The highest BCUT2D eigenvalue weighted by Crippen LogP contribution is 2.32. The molecule has 0 saturated heterocycles. The fourth-order valence-electron chi connectivity index (χ4n) is 2.08. The van der Waals surface area contributed by atoms with E-state index in [0.717, 1.165) is 5.56 Å². The smallest absolute Gasteiger partial charge is 0.333 e. The van der Waals surface area contributed by atoms with Crippen LogP contribution < -0.4 is 25.6 Å². The van der Waals surface area contributed by atoms with Crippen molar-refractivity contribution in [2.45, 2.75) is 13.5 Å². The number of furan rings is 1. The molecular weight excluding hydrogens is 302 g/mol. The Morgan fingerprint density at radius 3 is 2.74 bits per heavy atom. The van der Waals surface area contributed by atoms with Crippen molar-refractivity contribution in [3.8, 4) is 11.5 Å². The summed E-state index contributed by atoms with van der Waals surface area (Å²) in [6, 6.07) is 6.38. The van der Waals surface area contributed by atoms with E-state index in [2.05, 4.69) is 16.2 Å². The Bertz CT molecular complexity index is 740. The van der Waals surface area contributed by atoms with Gasteiger partial charge in [-0.2, -0.15) is 0 Å². The van der Waals surface area contributed by atoms with Gasteiger partial charge < -0.3 is 19.2 Å². The predicted octanol–water partition coefficient (Wildman–Crippen LogP) is 1.46. The minimum Gasteiger partial charge on any atom is -0.469 e. The second kappa shape index (κ2) is 6.30. The summed E-state index contributed by atoms with van der Waals surface area (Å²) in [6.07, 6.45) is 1.41. The highest BCUT2D eigenvalue weighted by Gasteiger charge is 2.14. The lowest BCUT2D eigenvalue weighted by Crippen LogP contribution is -2.46. The number of rotatable bonds is 3. The van der Waals surface area contributed by atoms with E-state index in [-0.39, 0.29) is 13.3 Å². The van der Waals surface area contributed by atoms with Crippen molar-refractivity contribution in [3.63, 3.8) is 0 Å². The maximum absolute atomic E-state index is 11.8. The van der Waals surface area contributed by atoms with Gasteiger partial charge in [0, 0.05) is 6.54 Å². The van der Waals surface area contributed by atoms with Gasteiger partial charge in [0.05, 0.1) is 11.8 Å². The molecule has 0 aliphatic carbocycles. The zero-order valence-electron chi connectivity index (χ0n) is 12.3. The summed E-state index contributed by atoms with van der Waals surface area (Å²) < 4.78 is 15.5. The van der Waals surface area contributed by atoms with Crippen LogP contribution in [0, 0.1) is 6.92 Å². The fourth-order valence-corrected chi connectivity index (χ4v) is 2.08. The van der Waals surface area contributed by atoms with E-state index >= 15 is 0 Å². The fraction of sp³-hybridized carbons (Fsp3) is 0.200. The lowest BCUT2D eigenvalue weighted by atomic mass is 10.2. The molecule has 2 heterocycles. The molecule has 0 saturated carbocycles. The standard InChI is InChI=1S/C15H15N3O5/c1-9-11(4-5-21-9)14(19)17-18-15(20)16-7-10-2-3-12-13(6-10)23-8-22-12/h2-6H,7-8H2,1H3,(H,17,19)(H2,16,18,20). The van der Waals surface area contributed by atoms with Crippen LogP contribution in [0.1, 0.15) is 21.7 Å². The Kier molecular flexibility index (Phi) is 4.05. The van der Waals surface area contributed by atoms with Crippen molar-refractivity contribution in [1.82, 2.24) is 16.2 Å². The number of benzene rings is 1. The first-order valence-electron chi connectivity index (χ1n) is 6.90. The molecule has 23 heavy (non-hydrogen) atoms. The summed E-state index contributed by atoms with van der Waals surface area (Å²) in [5.41, 5.74) is 5.78. The van der Waals surface area contributed by atoms with Gasteiger partial charge in [0.1, 0.15) is 5.76 Å². The minimum atomic E-state index is -0.530. The van der Waals surface area contributed by atoms with E-state index < -0.39 is 11.9 Å². The van der Waals surface area contributed by atoms with Crippen LogP contribution in [-0.2, 0) is 6.54 Å². The maximum atomic E-state index is 11.8. The first-order chi connectivity index (χ1) is 11.1. The van der Waals surface area contributed by atoms with Gasteiger partial charge in [-0.15, -0.1) is 0 Å². The van der Waals surface area contributed by atoms with Crippen molar-refractivity contribution in [2.75, 3.05) is 6.79 Å². The molecule has 0 radical (unpaired) electrons. The summed E-state index contributed by atoms with van der Waals surface area (Å²) in [4.78, 5) is 23.5. The number of hydrogen-bond acceptors (Lipinski definition) is 5. The van der Waals surface area contributed by atoms with Crippen LogP contribution in [0.25, 0.3) is 0 Å². The van der Waals surface area contributed by atoms with Crippen LogP contribution in [-0.4, -0.2) is 18.7 Å². The average molecular weight is 317 g/mol.